The molecule has 3 rings (SSSR count). The van der Waals surface area contributed by atoms with Crippen LogP contribution in [0.25, 0.3) is 0 Å². The Kier molecular flexibility index (Phi) is 8.00. The molecule has 1 heterocycles. The summed E-state index contributed by atoms with van der Waals surface area (Å²) in [6.45, 7) is 7.45. The van der Waals surface area contributed by atoms with Crippen molar-refractivity contribution in [2.75, 3.05) is 13.1 Å². The normalized spacial score (nSPS) is 15.4. The lowest BCUT2D eigenvalue weighted by Crippen LogP contribution is -2.54. The van der Waals surface area contributed by atoms with E-state index in [4.69, 9.17) is 0 Å². The highest BCUT2D eigenvalue weighted by Crippen LogP contribution is 2.30. The summed E-state index contributed by atoms with van der Waals surface area (Å²) in [6.07, 6.45) is 0.722. The molecule has 0 saturated heterocycles. The second kappa shape index (κ2) is 10.6. The molecule has 0 fully saturated rings. The highest BCUT2D eigenvalue weighted by atomic mass is 32.2. The number of carbonyl (C=O) groups excluding carboxylic acids is 3. The van der Waals surface area contributed by atoms with Crippen molar-refractivity contribution in [3.8, 4) is 0 Å². The molecule has 1 atom stereocenters. The molecule has 1 aliphatic heterocycles. The first-order valence-corrected chi connectivity index (χ1v) is 13.2. The van der Waals surface area contributed by atoms with Gasteiger partial charge in [0, 0.05) is 25.0 Å². The van der Waals surface area contributed by atoms with Crippen molar-refractivity contribution in [2.24, 2.45) is 0 Å². The van der Waals surface area contributed by atoms with Crippen LogP contribution in [0.5, 0.6) is 0 Å². The van der Waals surface area contributed by atoms with Gasteiger partial charge in [0.1, 0.15) is 10.9 Å². The van der Waals surface area contributed by atoms with Gasteiger partial charge in [-0.2, -0.15) is 0 Å². The number of sulfonamides is 1. The third kappa shape index (κ3) is 6.08. The van der Waals surface area contributed by atoms with Crippen LogP contribution in [0, 0.1) is 0 Å². The van der Waals surface area contributed by atoms with E-state index < -0.39 is 27.5 Å². The predicted octanol–water partition coefficient (Wildman–Crippen LogP) is 2.99. The fourth-order valence-corrected chi connectivity index (χ4v) is 5.71. The van der Waals surface area contributed by atoms with E-state index in [9.17, 15) is 22.8 Å². The average molecular weight is 500 g/mol. The number of nitrogens with one attached hydrogen (secondary N) is 1. The largest absolute Gasteiger partial charge is 0.350 e. The minimum absolute atomic E-state index is 0.0469. The lowest BCUT2D eigenvalue weighted by molar-refractivity contribution is -0.141. The van der Waals surface area contributed by atoms with Gasteiger partial charge in [0.15, 0.2) is 0 Å². The molecule has 0 saturated carbocycles. The molecule has 0 radical (unpaired) electrons. The molecule has 0 aliphatic carbocycles. The first-order valence-electron chi connectivity index (χ1n) is 11.8. The van der Waals surface area contributed by atoms with Gasteiger partial charge in [-0.05, 0) is 51.3 Å². The summed E-state index contributed by atoms with van der Waals surface area (Å²) in [6, 6.07) is 14.9. The Morgan fingerprint density at radius 1 is 1.03 bits per heavy atom. The van der Waals surface area contributed by atoms with Crippen LogP contribution in [-0.4, -0.2) is 60.0 Å². The zero-order chi connectivity index (χ0) is 25.8. The third-order valence-electron chi connectivity index (χ3n) is 5.81. The Balaban J connectivity index is 1.79. The van der Waals surface area contributed by atoms with E-state index >= 15 is 0 Å². The standard InChI is InChI=1S/C26H33N3O5S/c1-5-21(24(31)27-26(2,3)4)28(17-15-19-11-7-6-8-12-19)23(30)16-18-29-25(32)20-13-9-10-14-22(20)35(29,33)34/h6-14,21H,5,15-18H2,1-4H3,(H,27,31). The van der Waals surface area contributed by atoms with E-state index in [2.05, 4.69) is 5.32 Å². The Hall–Kier alpha value is -3.20. The van der Waals surface area contributed by atoms with E-state index in [1.165, 1.54) is 17.0 Å². The maximum absolute atomic E-state index is 13.4. The molecule has 2 aromatic rings. The molecule has 35 heavy (non-hydrogen) atoms. The zero-order valence-electron chi connectivity index (χ0n) is 20.7. The van der Waals surface area contributed by atoms with E-state index in [1.807, 2.05) is 58.0 Å². The first-order chi connectivity index (χ1) is 16.5. The summed E-state index contributed by atoms with van der Waals surface area (Å²) in [7, 11) is -4.00. The SMILES string of the molecule is CCC(C(=O)NC(C)(C)C)N(CCc1ccccc1)C(=O)CCN1C(=O)c2ccccc2S1(=O)=O. The molecule has 9 heteroatoms. The minimum atomic E-state index is -4.00. The molecule has 1 N–H and O–H groups in total. The van der Waals surface area contributed by atoms with E-state index in [1.54, 1.807) is 12.1 Å². The number of carbonyl (C=O) groups is 3. The maximum Gasteiger partial charge on any atom is 0.269 e. The Bertz CT molecular complexity index is 1190. The van der Waals surface area contributed by atoms with Gasteiger partial charge in [-0.15, -0.1) is 0 Å². The second-order valence-corrected chi connectivity index (χ2v) is 11.4. The average Bonchev–Trinajstić information content (AvgIpc) is 2.99. The Labute approximate surface area is 207 Å². The number of hydrogen-bond donors (Lipinski definition) is 1. The van der Waals surface area contributed by atoms with Crippen molar-refractivity contribution in [3.05, 3.63) is 65.7 Å². The van der Waals surface area contributed by atoms with Crippen molar-refractivity contribution in [2.45, 2.75) is 63.4 Å². The van der Waals surface area contributed by atoms with Crippen LogP contribution in [0.2, 0.25) is 0 Å². The lowest BCUT2D eigenvalue weighted by Gasteiger charge is -2.33. The highest BCUT2D eigenvalue weighted by molar-refractivity contribution is 7.90. The van der Waals surface area contributed by atoms with Crippen LogP contribution < -0.4 is 5.32 Å². The molecule has 0 aromatic heterocycles. The van der Waals surface area contributed by atoms with E-state index in [0.29, 0.717) is 19.4 Å². The first kappa shape index (κ1) is 26.4. The molecule has 0 bridgehead atoms. The maximum atomic E-state index is 13.4. The molecule has 1 aliphatic rings. The number of hydrogen-bond acceptors (Lipinski definition) is 5. The van der Waals surface area contributed by atoms with E-state index in [0.717, 1.165) is 9.87 Å². The van der Waals surface area contributed by atoms with Gasteiger partial charge in [0.25, 0.3) is 15.9 Å². The monoisotopic (exact) mass is 499 g/mol. The summed E-state index contributed by atoms with van der Waals surface area (Å²) in [5, 5.41) is 2.94. The molecule has 0 spiro atoms. The number of nitrogens with zero attached hydrogens (tertiary/aromatic N) is 2. The van der Waals surface area contributed by atoms with Gasteiger partial charge in [-0.3, -0.25) is 14.4 Å². The summed E-state index contributed by atoms with van der Waals surface area (Å²) < 4.78 is 26.5. The molecule has 1 unspecified atom stereocenters. The summed E-state index contributed by atoms with van der Waals surface area (Å²) in [5.41, 5.74) is 0.654. The number of benzene rings is 2. The summed E-state index contributed by atoms with van der Waals surface area (Å²) in [4.78, 5) is 40.6. The topological polar surface area (TPSA) is 104 Å². The molecule has 188 valence electrons. The fourth-order valence-electron chi connectivity index (χ4n) is 4.14. The predicted molar refractivity (Wildman–Crippen MR) is 133 cm³/mol. The van der Waals surface area contributed by atoms with Crippen LogP contribution in [-0.2, 0) is 26.0 Å². The molecule has 8 nitrogen and oxygen atoms in total. The highest BCUT2D eigenvalue weighted by Gasteiger charge is 2.41. The van der Waals surface area contributed by atoms with Crippen molar-refractivity contribution >= 4 is 27.7 Å². The zero-order valence-corrected chi connectivity index (χ0v) is 21.5. The number of rotatable bonds is 9. The minimum Gasteiger partial charge on any atom is -0.350 e. The fraction of sp³-hybridized carbons (Fsp3) is 0.423. The number of fused-ring (bicyclic) bond motifs is 1. The van der Waals surface area contributed by atoms with Crippen LogP contribution in [0.1, 0.15) is 56.5 Å². The molecule has 2 aromatic carbocycles. The van der Waals surface area contributed by atoms with Gasteiger partial charge in [0.2, 0.25) is 11.8 Å². The quantitative estimate of drug-likeness (QED) is 0.571. The van der Waals surface area contributed by atoms with Gasteiger partial charge >= 0.3 is 0 Å². The van der Waals surface area contributed by atoms with Crippen LogP contribution in [0.4, 0.5) is 0 Å². The number of amides is 3. The molecule has 3 amide bonds. The van der Waals surface area contributed by atoms with Gasteiger partial charge < -0.3 is 10.2 Å². The smallest absolute Gasteiger partial charge is 0.269 e. The second-order valence-electron chi connectivity index (χ2n) is 9.61. The summed E-state index contributed by atoms with van der Waals surface area (Å²) >= 11 is 0. The van der Waals surface area contributed by atoms with E-state index in [-0.39, 0.29) is 35.2 Å². The summed E-state index contributed by atoms with van der Waals surface area (Å²) in [5.74, 6) is -1.28. The Morgan fingerprint density at radius 2 is 1.66 bits per heavy atom. The molecular weight excluding hydrogens is 466 g/mol. The van der Waals surface area contributed by atoms with Crippen molar-refractivity contribution < 1.29 is 22.8 Å². The van der Waals surface area contributed by atoms with Crippen LogP contribution in [0.3, 0.4) is 0 Å². The van der Waals surface area contributed by atoms with Crippen molar-refractivity contribution in [1.29, 1.82) is 0 Å². The third-order valence-corrected chi connectivity index (χ3v) is 7.65. The van der Waals surface area contributed by atoms with Crippen molar-refractivity contribution in [1.82, 2.24) is 14.5 Å². The van der Waals surface area contributed by atoms with Crippen molar-refractivity contribution in [3.63, 3.8) is 0 Å². The lowest BCUT2D eigenvalue weighted by atomic mass is 10.0. The van der Waals surface area contributed by atoms with Gasteiger partial charge in [0.05, 0.1) is 5.56 Å². The van der Waals surface area contributed by atoms with Gasteiger partial charge in [-0.1, -0.05) is 49.4 Å². The Morgan fingerprint density at radius 3 is 2.26 bits per heavy atom. The van der Waals surface area contributed by atoms with Crippen LogP contribution >= 0.6 is 0 Å². The molecular formula is C26H33N3O5S. The van der Waals surface area contributed by atoms with Crippen LogP contribution in [0.15, 0.2) is 59.5 Å². The van der Waals surface area contributed by atoms with Gasteiger partial charge in [-0.25, -0.2) is 12.7 Å².